The Balaban J connectivity index is 1.77. The molecule has 0 bridgehead atoms. The van der Waals surface area contributed by atoms with Crippen LogP contribution in [-0.4, -0.2) is 47.3 Å². The van der Waals surface area contributed by atoms with Crippen LogP contribution < -0.4 is 10.6 Å². The highest BCUT2D eigenvalue weighted by atomic mass is 16.2. The minimum Gasteiger partial charge on any atom is -0.353 e. The largest absolute Gasteiger partial charge is 0.353 e. The zero-order valence-corrected chi connectivity index (χ0v) is 12.9. The van der Waals surface area contributed by atoms with E-state index in [1.165, 1.54) is 4.90 Å². The Hall–Kier alpha value is -1.43. The lowest BCUT2D eigenvalue weighted by Crippen LogP contribution is -2.44. The molecule has 2 aliphatic rings. The van der Waals surface area contributed by atoms with Gasteiger partial charge in [-0.1, -0.05) is 13.8 Å². The maximum absolute atomic E-state index is 12.3. The van der Waals surface area contributed by atoms with Gasteiger partial charge in [0.1, 0.15) is 0 Å². The SMILES string of the molecule is CCC(CC)N1C(=O)CC(NCCC(=O)NC2CC2)C1=O. The zero-order chi connectivity index (χ0) is 15.4. The summed E-state index contributed by atoms with van der Waals surface area (Å²) in [6.45, 7) is 4.40. The summed E-state index contributed by atoms with van der Waals surface area (Å²) in [6.07, 6.45) is 4.26. The lowest BCUT2D eigenvalue weighted by molar-refractivity contribution is -0.141. The highest BCUT2D eigenvalue weighted by molar-refractivity contribution is 6.05. The van der Waals surface area contributed by atoms with Crippen molar-refractivity contribution >= 4 is 17.7 Å². The third kappa shape index (κ3) is 4.03. The molecule has 1 saturated carbocycles. The number of likely N-dealkylation sites (tertiary alicyclic amines) is 1. The molecule has 6 heteroatoms. The third-order valence-corrected chi connectivity index (χ3v) is 4.18. The lowest BCUT2D eigenvalue weighted by Gasteiger charge is -2.24. The van der Waals surface area contributed by atoms with Crippen LogP contribution >= 0.6 is 0 Å². The van der Waals surface area contributed by atoms with E-state index in [1.807, 2.05) is 13.8 Å². The van der Waals surface area contributed by atoms with Gasteiger partial charge in [-0.05, 0) is 25.7 Å². The fraction of sp³-hybridized carbons (Fsp3) is 0.800. The van der Waals surface area contributed by atoms with Crippen LogP contribution in [-0.2, 0) is 14.4 Å². The van der Waals surface area contributed by atoms with Gasteiger partial charge in [-0.15, -0.1) is 0 Å². The Kier molecular flexibility index (Phi) is 5.33. The van der Waals surface area contributed by atoms with Gasteiger partial charge >= 0.3 is 0 Å². The molecule has 1 heterocycles. The summed E-state index contributed by atoms with van der Waals surface area (Å²) < 4.78 is 0. The number of rotatable bonds is 8. The van der Waals surface area contributed by atoms with Crippen molar-refractivity contribution in [1.82, 2.24) is 15.5 Å². The number of nitrogens with one attached hydrogen (secondary N) is 2. The predicted octanol–water partition coefficient (Wildman–Crippen LogP) is 0.561. The monoisotopic (exact) mass is 295 g/mol. The average Bonchev–Trinajstić information content (AvgIpc) is 3.21. The molecule has 6 nitrogen and oxygen atoms in total. The fourth-order valence-electron chi connectivity index (χ4n) is 2.74. The van der Waals surface area contributed by atoms with Gasteiger partial charge in [-0.3, -0.25) is 19.3 Å². The molecule has 1 aliphatic heterocycles. The molecule has 0 spiro atoms. The van der Waals surface area contributed by atoms with Gasteiger partial charge in [-0.25, -0.2) is 0 Å². The molecule has 1 unspecified atom stereocenters. The highest BCUT2D eigenvalue weighted by Gasteiger charge is 2.40. The molecule has 0 aromatic heterocycles. The number of hydrogen-bond donors (Lipinski definition) is 2. The third-order valence-electron chi connectivity index (χ3n) is 4.18. The van der Waals surface area contributed by atoms with Crippen LogP contribution in [0.2, 0.25) is 0 Å². The summed E-state index contributed by atoms with van der Waals surface area (Å²) in [5.41, 5.74) is 0. The molecule has 2 rings (SSSR count). The molecule has 3 amide bonds. The number of hydrogen-bond acceptors (Lipinski definition) is 4. The maximum Gasteiger partial charge on any atom is 0.247 e. The van der Waals surface area contributed by atoms with Gasteiger partial charge < -0.3 is 10.6 Å². The first-order valence-electron chi connectivity index (χ1n) is 7.95. The van der Waals surface area contributed by atoms with Crippen LogP contribution in [0.1, 0.15) is 52.4 Å². The number of carbonyl (C=O) groups excluding carboxylic acids is 3. The predicted molar refractivity (Wildman–Crippen MR) is 78.4 cm³/mol. The Morgan fingerprint density at radius 2 is 1.95 bits per heavy atom. The summed E-state index contributed by atoms with van der Waals surface area (Å²) in [5, 5.41) is 5.95. The maximum atomic E-state index is 12.3. The van der Waals surface area contributed by atoms with Crippen LogP contribution in [0.4, 0.5) is 0 Å². The molecular formula is C15H25N3O3. The number of nitrogens with zero attached hydrogens (tertiary/aromatic N) is 1. The quantitative estimate of drug-likeness (QED) is 0.641. The van der Waals surface area contributed by atoms with Crippen molar-refractivity contribution in [2.24, 2.45) is 0 Å². The molecule has 1 aliphatic carbocycles. The van der Waals surface area contributed by atoms with E-state index in [0.29, 0.717) is 19.0 Å². The van der Waals surface area contributed by atoms with E-state index in [2.05, 4.69) is 10.6 Å². The molecule has 2 fully saturated rings. The molecule has 1 atom stereocenters. The van der Waals surface area contributed by atoms with E-state index in [0.717, 1.165) is 25.7 Å². The molecule has 0 radical (unpaired) electrons. The van der Waals surface area contributed by atoms with Crippen molar-refractivity contribution in [3.05, 3.63) is 0 Å². The van der Waals surface area contributed by atoms with E-state index >= 15 is 0 Å². The minimum atomic E-state index is -0.466. The number of carbonyl (C=O) groups is 3. The molecule has 0 aromatic carbocycles. The second-order valence-corrected chi connectivity index (χ2v) is 5.87. The number of imide groups is 1. The van der Waals surface area contributed by atoms with Gasteiger partial charge in [0.05, 0.1) is 12.5 Å². The van der Waals surface area contributed by atoms with Crippen LogP contribution in [0.5, 0.6) is 0 Å². The van der Waals surface area contributed by atoms with Crippen molar-refractivity contribution < 1.29 is 14.4 Å². The summed E-state index contributed by atoms with van der Waals surface area (Å²) in [7, 11) is 0. The van der Waals surface area contributed by atoms with Gasteiger partial charge in [0.2, 0.25) is 17.7 Å². The Labute approximate surface area is 125 Å². The van der Waals surface area contributed by atoms with Crippen molar-refractivity contribution in [1.29, 1.82) is 0 Å². The van der Waals surface area contributed by atoms with Gasteiger partial charge in [0.25, 0.3) is 0 Å². The minimum absolute atomic E-state index is 0.00466. The van der Waals surface area contributed by atoms with Crippen LogP contribution in [0.3, 0.4) is 0 Å². The van der Waals surface area contributed by atoms with Crippen LogP contribution in [0.15, 0.2) is 0 Å². The van der Waals surface area contributed by atoms with Crippen molar-refractivity contribution in [2.75, 3.05) is 6.54 Å². The van der Waals surface area contributed by atoms with Gasteiger partial charge in [0.15, 0.2) is 0 Å². The summed E-state index contributed by atoms with van der Waals surface area (Å²) >= 11 is 0. The van der Waals surface area contributed by atoms with Crippen LogP contribution in [0, 0.1) is 0 Å². The van der Waals surface area contributed by atoms with Gasteiger partial charge in [0, 0.05) is 25.0 Å². The van der Waals surface area contributed by atoms with Crippen molar-refractivity contribution in [2.45, 2.75) is 70.5 Å². The average molecular weight is 295 g/mol. The molecular weight excluding hydrogens is 270 g/mol. The fourth-order valence-corrected chi connectivity index (χ4v) is 2.74. The first-order chi connectivity index (χ1) is 10.1. The van der Waals surface area contributed by atoms with E-state index in [-0.39, 0.29) is 30.2 Å². The van der Waals surface area contributed by atoms with E-state index < -0.39 is 6.04 Å². The zero-order valence-electron chi connectivity index (χ0n) is 12.9. The normalized spacial score (nSPS) is 22.2. The lowest BCUT2D eigenvalue weighted by atomic mass is 10.1. The Bertz CT molecular complexity index is 416. The highest BCUT2D eigenvalue weighted by Crippen LogP contribution is 2.20. The van der Waals surface area contributed by atoms with E-state index in [9.17, 15) is 14.4 Å². The van der Waals surface area contributed by atoms with Crippen LogP contribution in [0.25, 0.3) is 0 Å². The van der Waals surface area contributed by atoms with Gasteiger partial charge in [-0.2, -0.15) is 0 Å². The summed E-state index contributed by atoms with van der Waals surface area (Å²) in [6, 6.07) is -0.112. The number of amides is 3. The topological polar surface area (TPSA) is 78.5 Å². The molecule has 2 N–H and O–H groups in total. The first kappa shape index (κ1) is 15.9. The summed E-state index contributed by atoms with van der Waals surface area (Å²) in [4.78, 5) is 37.2. The van der Waals surface area contributed by atoms with E-state index in [4.69, 9.17) is 0 Å². The van der Waals surface area contributed by atoms with E-state index in [1.54, 1.807) is 0 Å². The summed E-state index contributed by atoms with van der Waals surface area (Å²) in [5.74, 6) is -0.233. The van der Waals surface area contributed by atoms with Crippen molar-refractivity contribution in [3.63, 3.8) is 0 Å². The molecule has 1 saturated heterocycles. The Morgan fingerprint density at radius 3 is 2.52 bits per heavy atom. The first-order valence-corrected chi connectivity index (χ1v) is 7.95. The second kappa shape index (κ2) is 7.02. The smallest absolute Gasteiger partial charge is 0.247 e. The molecule has 0 aromatic rings. The molecule has 21 heavy (non-hydrogen) atoms. The standard InChI is InChI=1S/C15H25N3O3/c1-3-11(4-2)18-14(20)9-12(15(18)21)16-8-7-13(19)17-10-5-6-10/h10-12,16H,3-9H2,1-2H3,(H,17,19). The van der Waals surface area contributed by atoms with Crippen molar-refractivity contribution in [3.8, 4) is 0 Å². The second-order valence-electron chi connectivity index (χ2n) is 5.87. The molecule has 118 valence electrons. The Morgan fingerprint density at radius 1 is 1.29 bits per heavy atom.